The number of methoxy groups -OCH3 is 1. The molecular formula is C23H24O7. The van der Waals surface area contributed by atoms with Gasteiger partial charge in [0, 0.05) is 23.8 Å². The van der Waals surface area contributed by atoms with Gasteiger partial charge in [-0.25, -0.2) is 4.79 Å². The van der Waals surface area contributed by atoms with Gasteiger partial charge in [-0.15, -0.1) is 0 Å². The van der Waals surface area contributed by atoms with E-state index in [0.29, 0.717) is 5.76 Å². The molecule has 158 valence electrons. The molecule has 0 saturated heterocycles. The Morgan fingerprint density at radius 2 is 1.93 bits per heavy atom. The Bertz CT molecular complexity index is 1110. The highest BCUT2D eigenvalue weighted by atomic mass is 16.6. The van der Waals surface area contributed by atoms with Crippen molar-refractivity contribution >= 4 is 16.9 Å². The van der Waals surface area contributed by atoms with Crippen molar-refractivity contribution in [2.24, 2.45) is 0 Å². The van der Waals surface area contributed by atoms with Crippen molar-refractivity contribution in [2.75, 3.05) is 20.3 Å². The first-order valence-corrected chi connectivity index (χ1v) is 9.73. The van der Waals surface area contributed by atoms with Gasteiger partial charge in [0.25, 0.3) is 0 Å². The third kappa shape index (κ3) is 4.56. The fourth-order valence-electron chi connectivity index (χ4n) is 3.21. The van der Waals surface area contributed by atoms with Gasteiger partial charge in [-0.2, -0.15) is 0 Å². The molecule has 0 unspecified atom stereocenters. The summed E-state index contributed by atoms with van der Waals surface area (Å²) in [7, 11) is 1.62. The zero-order valence-electron chi connectivity index (χ0n) is 17.2. The normalized spacial score (nSPS) is 10.8. The zero-order valence-corrected chi connectivity index (χ0v) is 17.2. The predicted octanol–water partition coefficient (Wildman–Crippen LogP) is 4.07. The molecule has 0 saturated carbocycles. The van der Waals surface area contributed by atoms with E-state index in [1.165, 1.54) is 18.2 Å². The van der Waals surface area contributed by atoms with E-state index in [9.17, 15) is 14.7 Å². The second-order valence-electron chi connectivity index (χ2n) is 6.66. The highest BCUT2D eigenvalue weighted by Crippen LogP contribution is 2.32. The largest absolute Gasteiger partial charge is 0.507 e. The zero-order chi connectivity index (χ0) is 21.7. The minimum absolute atomic E-state index is 0.0459. The Labute approximate surface area is 173 Å². The third-order valence-electron chi connectivity index (χ3n) is 4.53. The van der Waals surface area contributed by atoms with Crippen molar-refractivity contribution in [2.45, 2.75) is 26.7 Å². The van der Waals surface area contributed by atoms with Gasteiger partial charge in [0.15, 0.2) is 12.0 Å². The van der Waals surface area contributed by atoms with Gasteiger partial charge >= 0.3 is 5.97 Å². The maximum Gasteiger partial charge on any atom is 0.344 e. The molecule has 3 aromatic rings. The van der Waals surface area contributed by atoms with E-state index in [1.54, 1.807) is 14.0 Å². The number of aryl methyl sites for hydroxylation is 1. The van der Waals surface area contributed by atoms with Crippen LogP contribution in [-0.2, 0) is 16.0 Å². The summed E-state index contributed by atoms with van der Waals surface area (Å²) >= 11 is 0. The van der Waals surface area contributed by atoms with Gasteiger partial charge in [-0.3, -0.25) is 4.79 Å². The van der Waals surface area contributed by atoms with Crippen LogP contribution in [0.4, 0.5) is 0 Å². The quantitative estimate of drug-likeness (QED) is 0.557. The first-order valence-electron chi connectivity index (χ1n) is 9.73. The van der Waals surface area contributed by atoms with E-state index >= 15 is 0 Å². The number of carbonyl (C=O) groups excluding carboxylic acids is 1. The number of phenols is 1. The molecule has 1 aromatic heterocycles. The number of benzene rings is 2. The first-order chi connectivity index (χ1) is 14.5. The summed E-state index contributed by atoms with van der Waals surface area (Å²) in [5.41, 5.74) is 1.50. The van der Waals surface area contributed by atoms with Gasteiger partial charge < -0.3 is 23.7 Å². The molecule has 0 fully saturated rings. The summed E-state index contributed by atoms with van der Waals surface area (Å²) in [5.74, 6) is 0.502. The Kier molecular flexibility index (Phi) is 6.61. The minimum Gasteiger partial charge on any atom is -0.507 e. The van der Waals surface area contributed by atoms with Crippen LogP contribution in [0.25, 0.3) is 22.3 Å². The van der Waals surface area contributed by atoms with Crippen molar-refractivity contribution in [1.29, 1.82) is 0 Å². The molecule has 0 aliphatic rings. The van der Waals surface area contributed by atoms with Crippen molar-refractivity contribution in [1.82, 2.24) is 0 Å². The van der Waals surface area contributed by atoms with Crippen LogP contribution in [0, 0.1) is 0 Å². The monoisotopic (exact) mass is 412 g/mol. The standard InChI is InChI=1S/C23H24O7/c1-4-6-14-9-15(7-8-19(14)27-3)20-12-18(25)23-17(24)10-16(11-21(23)30-20)29-13-22(26)28-5-2/h7-12,24H,4-6,13H2,1-3H3. The van der Waals surface area contributed by atoms with Crippen LogP contribution in [0.15, 0.2) is 45.6 Å². The van der Waals surface area contributed by atoms with Crippen LogP contribution < -0.4 is 14.9 Å². The molecule has 0 amide bonds. The van der Waals surface area contributed by atoms with Gasteiger partial charge in [-0.05, 0) is 37.1 Å². The van der Waals surface area contributed by atoms with E-state index < -0.39 is 5.97 Å². The maximum absolute atomic E-state index is 12.6. The molecule has 0 bridgehead atoms. The lowest BCUT2D eigenvalue weighted by molar-refractivity contribution is -0.145. The van der Waals surface area contributed by atoms with Gasteiger partial charge in [0.2, 0.25) is 0 Å². The molecule has 1 heterocycles. The second kappa shape index (κ2) is 9.35. The number of rotatable bonds is 8. The van der Waals surface area contributed by atoms with Gasteiger partial charge in [0.05, 0.1) is 13.7 Å². The van der Waals surface area contributed by atoms with Crippen LogP contribution in [-0.4, -0.2) is 31.4 Å². The molecule has 3 rings (SSSR count). The second-order valence-corrected chi connectivity index (χ2v) is 6.66. The molecule has 0 atom stereocenters. The SMILES string of the molecule is CCCc1cc(-c2cc(=O)c3c(O)cc(OCC(=O)OCC)cc3o2)ccc1OC. The lowest BCUT2D eigenvalue weighted by atomic mass is 10.0. The molecule has 7 nitrogen and oxygen atoms in total. The lowest BCUT2D eigenvalue weighted by Crippen LogP contribution is -2.14. The summed E-state index contributed by atoms with van der Waals surface area (Å²) in [4.78, 5) is 24.1. The number of esters is 1. The Hall–Kier alpha value is -3.48. The van der Waals surface area contributed by atoms with E-state index in [2.05, 4.69) is 6.92 Å². The summed E-state index contributed by atoms with van der Waals surface area (Å²) < 4.78 is 21.5. The van der Waals surface area contributed by atoms with Crippen LogP contribution in [0.5, 0.6) is 17.2 Å². The van der Waals surface area contributed by atoms with E-state index in [-0.39, 0.29) is 41.1 Å². The van der Waals surface area contributed by atoms with Crippen LogP contribution in [0.1, 0.15) is 25.8 Å². The Morgan fingerprint density at radius 3 is 2.63 bits per heavy atom. The molecule has 2 aromatic carbocycles. The maximum atomic E-state index is 12.6. The average molecular weight is 412 g/mol. The first kappa shape index (κ1) is 21.2. The molecule has 0 spiro atoms. The number of ether oxygens (including phenoxy) is 3. The third-order valence-corrected chi connectivity index (χ3v) is 4.53. The Morgan fingerprint density at radius 1 is 1.13 bits per heavy atom. The summed E-state index contributed by atoms with van der Waals surface area (Å²) in [6, 6.07) is 9.65. The number of fused-ring (bicyclic) bond motifs is 1. The van der Waals surface area contributed by atoms with Crippen LogP contribution in [0.2, 0.25) is 0 Å². The number of hydrogen-bond acceptors (Lipinski definition) is 7. The van der Waals surface area contributed by atoms with Gasteiger partial charge in [-0.1, -0.05) is 13.3 Å². The van der Waals surface area contributed by atoms with E-state index in [1.807, 2.05) is 18.2 Å². The number of phenolic OH excluding ortho intramolecular Hbond substituents is 1. The number of hydrogen-bond donors (Lipinski definition) is 1. The fourth-order valence-corrected chi connectivity index (χ4v) is 3.21. The topological polar surface area (TPSA) is 95.2 Å². The highest BCUT2D eigenvalue weighted by molar-refractivity contribution is 5.86. The highest BCUT2D eigenvalue weighted by Gasteiger charge is 2.15. The van der Waals surface area contributed by atoms with Crippen molar-refractivity contribution < 1.29 is 28.5 Å². The van der Waals surface area contributed by atoms with Crippen molar-refractivity contribution in [3.63, 3.8) is 0 Å². The molecule has 0 aliphatic heterocycles. The van der Waals surface area contributed by atoms with Gasteiger partial charge in [0.1, 0.15) is 34.0 Å². The molecule has 7 heteroatoms. The molecule has 0 radical (unpaired) electrons. The number of carbonyl (C=O) groups is 1. The molecule has 1 N–H and O–H groups in total. The van der Waals surface area contributed by atoms with E-state index in [4.69, 9.17) is 18.6 Å². The lowest BCUT2D eigenvalue weighted by Gasteiger charge is -2.11. The van der Waals surface area contributed by atoms with Crippen molar-refractivity contribution in [3.05, 3.63) is 52.2 Å². The predicted molar refractivity (Wildman–Crippen MR) is 112 cm³/mol. The average Bonchev–Trinajstić information content (AvgIpc) is 2.72. The van der Waals surface area contributed by atoms with Crippen LogP contribution >= 0.6 is 0 Å². The smallest absolute Gasteiger partial charge is 0.344 e. The summed E-state index contributed by atoms with van der Waals surface area (Å²) in [6.45, 7) is 3.69. The summed E-state index contributed by atoms with van der Waals surface area (Å²) in [6.07, 6.45) is 1.76. The van der Waals surface area contributed by atoms with E-state index in [0.717, 1.165) is 29.7 Å². The minimum atomic E-state index is -0.533. The van der Waals surface area contributed by atoms with Crippen molar-refractivity contribution in [3.8, 4) is 28.6 Å². The number of aromatic hydroxyl groups is 1. The fraction of sp³-hybridized carbons (Fsp3) is 0.304. The van der Waals surface area contributed by atoms with Crippen LogP contribution in [0.3, 0.4) is 0 Å². The molecular weight excluding hydrogens is 388 g/mol. The molecule has 0 aliphatic carbocycles. The Balaban J connectivity index is 2.02. The summed E-state index contributed by atoms with van der Waals surface area (Å²) in [5, 5.41) is 10.3. The molecule has 30 heavy (non-hydrogen) atoms.